The molecule has 3 aromatic rings. The highest BCUT2D eigenvalue weighted by atomic mass is 16.2. The Bertz CT molecular complexity index is 1240. The van der Waals surface area contributed by atoms with E-state index in [9.17, 15) is 9.59 Å². The highest BCUT2D eigenvalue weighted by Crippen LogP contribution is 2.35. The fourth-order valence-electron chi connectivity index (χ4n) is 3.87. The molecule has 0 aromatic heterocycles. The highest BCUT2D eigenvalue weighted by molar-refractivity contribution is 6.46. The van der Waals surface area contributed by atoms with Gasteiger partial charge in [0.15, 0.2) is 0 Å². The van der Waals surface area contributed by atoms with E-state index in [0.717, 1.165) is 39.1 Å². The van der Waals surface area contributed by atoms with E-state index in [1.807, 2.05) is 95.3 Å². The summed E-state index contributed by atoms with van der Waals surface area (Å²) in [6.07, 6.45) is 0. The molecule has 0 fully saturated rings. The topological polar surface area (TPSA) is 49.4 Å². The quantitative estimate of drug-likeness (QED) is 0.568. The molecular weight excluding hydrogens is 384 g/mol. The molecule has 4 rings (SSSR count). The maximum absolute atomic E-state index is 13.6. The van der Waals surface area contributed by atoms with E-state index >= 15 is 0 Å². The summed E-state index contributed by atoms with van der Waals surface area (Å²) >= 11 is 0. The first-order chi connectivity index (χ1) is 14.8. The van der Waals surface area contributed by atoms with Crippen LogP contribution in [0.4, 0.5) is 11.4 Å². The minimum atomic E-state index is -0.342. The maximum Gasteiger partial charge on any atom is 0.282 e. The first-order valence-corrected chi connectivity index (χ1v) is 10.4. The number of carbonyl (C=O) groups excluding carboxylic acids is 2. The van der Waals surface area contributed by atoms with Gasteiger partial charge in [-0.05, 0) is 75.1 Å². The van der Waals surface area contributed by atoms with Crippen LogP contribution in [0.25, 0.3) is 5.57 Å². The van der Waals surface area contributed by atoms with Crippen LogP contribution in [0.5, 0.6) is 0 Å². The Morgan fingerprint density at radius 3 is 1.97 bits per heavy atom. The molecular formula is C27H26N2O2. The number of hydrogen-bond acceptors (Lipinski definition) is 3. The Hall–Kier alpha value is -3.66. The highest BCUT2D eigenvalue weighted by Gasteiger charge is 2.40. The molecule has 0 aliphatic carbocycles. The Balaban J connectivity index is 1.85. The van der Waals surface area contributed by atoms with Crippen molar-refractivity contribution in [2.75, 3.05) is 10.2 Å². The second kappa shape index (κ2) is 7.88. The lowest BCUT2D eigenvalue weighted by atomic mass is 9.99. The minimum Gasteiger partial charge on any atom is -0.350 e. The van der Waals surface area contributed by atoms with Gasteiger partial charge in [0, 0.05) is 5.69 Å². The molecule has 156 valence electrons. The molecule has 4 heteroatoms. The van der Waals surface area contributed by atoms with Gasteiger partial charge in [0.1, 0.15) is 5.70 Å². The molecule has 0 saturated heterocycles. The Morgan fingerprint density at radius 2 is 1.32 bits per heavy atom. The molecule has 0 bridgehead atoms. The van der Waals surface area contributed by atoms with E-state index < -0.39 is 0 Å². The number of aryl methyl sites for hydroxylation is 5. The van der Waals surface area contributed by atoms with Gasteiger partial charge < -0.3 is 5.32 Å². The number of imide groups is 1. The van der Waals surface area contributed by atoms with Gasteiger partial charge in [0.2, 0.25) is 0 Å². The second-order valence-corrected chi connectivity index (χ2v) is 8.28. The van der Waals surface area contributed by atoms with Gasteiger partial charge in [0.25, 0.3) is 11.8 Å². The van der Waals surface area contributed by atoms with Gasteiger partial charge in [-0.1, -0.05) is 53.6 Å². The monoisotopic (exact) mass is 410 g/mol. The summed E-state index contributed by atoms with van der Waals surface area (Å²) in [5, 5.41) is 3.23. The average molecular weight is 411 g/mol. The van der Waals surface area contributed by atoms with Crippen LogP contribution in [0.15, 0.2) is 66.4 Å². The smallest absolute Gasteiger partial charge is 0.282 e. The van der Waals surface area contributed by atoms with Crippen molar-refractivity contribution in [1.29, 1.82) is 0 Å². The Morgan fingerprint density at radius 1 is 0.645 bits per heavy atom. The number of benzene rings is 3. The zero-order valence-electron chi connectivity index (χ0n) is 18.5. The molecule has 4 nitrogen and oxygen atoms in total. The lowest BCUT2D eigenvalue weighted by Gasteiger charge is -2.18. The molecule has 1 N–H and O–H groups in total. The van der Waals surface area contributed by atoms with Crippen molar-refractivity contribution in [2.24, 2.45) is 0 Å². The molecule has 3 aromatic carbocycles. The van der Waals surface area contributed by atoms with E-state index in [1.54, 1.807) is 0 Å². The number of carbonyl (C=O) groups is 2. The molecule has 0 saturated carbocycles. The number of rotatable bonds is 4. The van der Waals surface area contributed by atoms with Crippen LogP contribution in [0.3, 0.4) is 0 Å². The van der Waals surface area contributed by atoms with E-state index in [4.69, 9.17) is 0 Å². The van der Waals surface area contributed by atoms with Gasteiger partial charge in [-0.15, -0.1) is 0 Å². The third kappa shape index (κ3) is 3.77. The number of nitrogens with zero attached hydrogens (tertiary/aromatic N) is 1. The maximum atomic E-state index is 13.6. The lowest BCUT2D eigenvalue weighted by Crippen LogP contribution is -2.33. The van der Waals surface area contributed by atoms with Gasteiger partial charge in [-0.2, -0.15) is 0 Å². The van der Waals surface area contributed by atoms with Gasteiger partial charge in [-0.25, -0.2) is 4.90 Å². The van der Waals surface area contributed by atoms with Crippen molar-refractivity contribution in [3.63, 3.8) is 0 Å². The predicted molar refractivity (Wildman–Crippen MR) is 126 cm³/mol. The third-order valence-electron chi connectivity index (χ3n) is 5.79. The average Bonchev–Trinajstić information content (AvgIpc) is 2.96. The van der Waals surface area contributed by atoms with Crippen LogP contribution in [0, 0.1) is 34.6 Å². The fraction of sp³-hybridized carbons (Fsp3) is 0.185. The van der Waals surface area contributed by atoms with Gasteiger partial charge in [-0.3, -0.25) is 9.59 Å². The van der Waals surface area contributed by atoms with Crippen molar-refractivity contribution in [3.8, 4) is 0 Å². The van der Waals surface area contributed by atoms with Crippen LogP contribution >= 0.6 is 0 Å². The number of hydrogen-bond donors (Lipinski definition) is 1. The first kappa shape index (κ1) is 20.6. The van der Waals surface area contributed by atoms with Crippen molar-refractivity contribution in [3.05, 3.63) is 99.7 Å². The van der Waals surface area contributed by atoms with E-state index in [2.05, 4.69) is 5.32 Å². The van der Waals surface area contributed by atoms with E-state index in [-0.39, 0.29) is 11.8 Å². The van der Waals surface area contributed by atoms with Gasteiger partial charge in [0.05, 0.1) is 11.3 Å². The molecule has 0 radical (unpaired) electrons. The first-order valence-electron chi connectivity index (χ1n) is 10.4. The number of nitrogens with one attached hydrogen (secondary N) is 1. The summed E-state index contributed by atoms with van der Waals surface area (Å²) in [7, 11) is 0. The number of anilines is 2. The molecule has 31 heavy (non-hydrogen) atoms. The predicted octanol–water partition coefficient (Wildman–Crippen LogP) is 5.63. The standard InChI is InChI=1S/C27H26N2O2/c1-16-6-11-22(12-7-16)28-25-24(21-10-9-18(3)19(4)15-21)26(30)29(27(25)31)23-13-8-17(2)14-20(23)5/h6-15,28H,1-5H3. The molecule has 0 unspecified atom stereocenters. The second-order valence-electron chi connectivity index (χ2n) is 8.28. The SMILES string of the molecule is Cc1ccc(NC2=C(c3ccc(C)c(C)c3)C(=O)N(c3ccc(C)cc3C)C2=O)cc1. The molecule has 2 amide bonds. The summed E-state index contributed by atoms with van der Waals surface area (Å²) in [6.45, 7) is 9.96. The zero-order valence-corrected chi connectivity index (χ0v) is 18.5. The van der Waals surface area contributed by atoms with Crippen LogP contribution in [-0.2, 0) is 9.59 Å². The van der Waals surface area contributed by atoms with Crippen molar-refractivity contribution < 1.29 is 9.59 Å². The molecule has 1 aliphatic heterocycles. The summed E-state index contributed by atoms with van der Waals surface area (Å²) in [5.41, 5.74) is 8.13. The molecule has 0 atom stereocenters. The third-order valence-corrected chi connectivity index (χ3v) is 5.79. The summed E-state index contributed by atoms with van der Waals surface area (Å²) < 4.78 is 0. The fourth-order valence-corrected chi connectivity index (χ4v) is 3.87. The normalized spacial score (nSPS) is 13.9. The van der Waals surface area contributed by atoms with Crippen LogP contribution < -0.4 is 10.2 Å². The van der Waals surface area contributed by atoms with E-state index in [0.29, 0.717) is 17.0 Å². The van der Waals surface area contributed by atoms with E-state index in [1.165, 1.54) is 4.90 Å². The summed E-state index contributed by atoms with van der Waals surface area (Å²) in [4.78, 5) is 28.4. The van der Waals surface area contributed by atoms with Crippen LogP contribution in [0.1, 0.15) is 33.4 Å². The molecule has 1 aliphatic rings. The summed E-state index contributed by atoms with van der Waals surface area (Å²) in [5.74, 6) is -0.652. The Kier molecular flexibility index (Phi) is 5.24. The van der Waals surface area contributed by atoms with Crippen molar-refractivity contribution >= 4 is 28.8 Å². The Labute approximate surface area is 183 Å². The minimum absolute atomic E-state index is 0.303. The van der Waals surface area contributed by atoms with Crippen LogP contribution in [-0.4, -0.2) is 11.8 Å². The largest absolute Gasteiger partial charge is 0.350 e. The summed E-state index contributed by atoms with van der Waals surface area (Å²) in [6, 6.07) is 19.4. The van der Waals surface area contributed by atoms with Crippen molar-refractivity contribution in [2.45, 2.75) is 34.6 Å². The van der Waals surface area contributed by atoms with Gasteiger partial charge >= 0.3 is 0 Å². The zero-order chi connectivity index (χ0) is 22.3. The number of amides is 2. The lowest BCUT2D eigenvalue weighted by molar-refractivity contribution is -0.120. The van der Waals surface area contributed by atoms with Crippen LogP contribution in [0.2, 0.25) is 0 Å². The van der Waals surface area contributed by atoms with Crippen molar-refractivity contribution in [1.82, 2.24) is 0 Å². The molecule has 0 spiro atoms. The molecule has 1 heterocycles.